The molecule has 3 nitrogen and oxygen atoms in total. The molecule has 0 radical (unpaired) electrons. The lowest BCUT2D eigenvalue weighted by Gasteiger charge is -1.95. The Morgan fingerprint density at radius 2 is 2.43 bits per heavy atom. The number of hydrogen-bond donors (Lipinski definition) is 0. The van der Waals surface area contributed by atoms with Crippen molar-refractivity contribution in [3.05, 3.63) is 41.2 Å². The van der Waals surface area contributed by atoms with Gasteiger partial charge in [-0.1, -0.05) is 0 Å². The third-order valence-electron chi connectivity index (χ3n) is 1.56. The highest BCUT2D eigenvalue weighted by atomic mass is 79.9. The third kappa shape index (κ3) is 2.59. The molecule has 0 saturated heterocycles. The maximum atomic E-state index is 5.12. The Morgan fingerprint density at radius 1 is 1.50 bits per heavy atom. The van der Waals surface area contributed by atoms with Crippen molar-refractivity contribution >= 4 is 27.7 Å². The Balaban J connectivity index is 1.95. The molecule has 0 fully saturated rings. The lowest BCUT2D eigenvalue weighted by Crippen LogP contribution is -1.81. The van der Waals surface area contributed by atoms with Crippen LogP contribution in [0.4, 0.5) is 0 Å². The number of thioether (sulfide) groups is 1. The van der Waals surface area contributed by atoms with Crippen molar-refractivity contribution in [2.24, 2.45) is 0 Å². The molecule has 0 aliphatic carbocycles. The van der Waals surface area contributed by atoms with Crippen molar-refractivity contribution in [3.63, 3.8) is 0 Å². The fourth-order valence-electron chi connectivity index (χ4n) is 0.943. The SMILES string of the molecule is Brc1cc(CSc2ccncn2)co1. The summed E-state index contributed by atoms with van der Waals surface area (Å²) in [6, 6.07) is 3.84. The molecule has 0 spiro atoms. The Morgan fingerprint density at radius 3 is 3.07 bits per heavy atom. The van der Waals surface area contributed by atoms with Crippen LogP contribution in [0.2, 0.25) is 0 Å². The van der Waals surface area contributed by atoms with Gasteiger partial charge in [0.05, 0.1) is 11.3 Å². The summed E-state index contributed by atoms with van der Waals surface area (Å²) in [4.78, 5) is 7.96. The third-order valence-corrected chi connectivity index (χ3v) is 2.99. The van der Waals surface area contributed by atoms with Gasteiger partial charge in [-0.05, 0) is 28.1 Å². The average Bonchev–Trinajstić information content (AvgIpc) is 2.63. The van der Waals surface area contributed by atoms with Gasteiger partial charge in [0.1, 0.15) is 6.33 Å². The first-order valence-electron chi connectivity index (χ1n) is 3.96. The minimum absolute atomic E-state index is 0.760. The molecule has 0 saturated carbocycles. The van der Waals surface area contributed by atoms with Gasteiger partial charge in [-0.15, -0.1) is 11.8 Å². The first-order valence-corrected chi connectivity index (χ1v) is 5.74. The summed E-state index contributed by atoms with van der Waals surface area (Å²) >= 11 is 4.91. The van der Waals surface area contributed by atoms with Crippen LogP contribution in [0.25, 0.3) is 0 Å². The van der Waals surface area contributed by atoms with E-state index < -0.39 is 0 Å². The van der Waals surface area contributed by atoms with E-state index in [1.54, 1.807) is 30.5 Å². The molecule has 0 N–H and O–H groups in total. The van der Waals surface area contributed by atoms with Gasteiger partial charge in [0, 0.05) is 17.5 Å². The van der Waals surface area contributed by atoms with Gasteiger partial charge in [0.2, 0.25) is 0 Å². The number of furan rings is 1. The quantitative estimate of drug-likeness (QED) is 0.635. The van der Waals surface area contributed by atoms with Crippen LogP contribution in [0.3, 0.4) is 0 Å². The van der Waals surface area contributed by atoms with E-state index in [2.05, 4.69) is 25.9 Å². The summed E-state index contributed by atoms with van der Waals surface area (Å²) in [6.45, 7) is 0. The van der Waals surface area contributed by atoms with Crippen LogP contribution in [0, 0.1) is 0 Å². The number of hydrogen-bond acceptors (Lipinski definition) is 4. The second-order valence-electron chi connectivity index (χ2n) is 2.60. The molecule has 14 heavy (non-hydrogen) atoms. The van der Waals surface area contributed by atoms with Crippen molar-refractivity contribution < 1.29 is 4.42 Å². The first kappa shape index (κ1) is 9.73. The van der Waals surface area contributed by atoms with Crippen LogP contribution in [-0.2, 0) is 5.75 Å². The highest BCUT2D eigenvalue weighted by Crippen LogP contribution is 2.22. The number of halogens is 1. The van der Waals surface area contributed by atoms with Crippen molar-refractivity contribution in [3.8, 4) is 0 Å². The minimum atomic E-state index is 0.760. The second-order valence-corrected chi connectivity index (χ2v) is 4.37. The molecule has 0 aliphatic heterocycles. The van der Waals surface area contributed by atoms with Gasteiger partial charge in [-0.3, -0.25) is 0 Å². The molecule has 2 aromatic rings. The minimum Gasteiger partial charge on any atom is -0.457 e. The van der Waals surface area contributed by atoms with Crippen LogP contribution in [0.5, 0.6) is 0 Å². The van der Waals surface area contributed by atoms with E-state index >= 15 is 0 Å². The zero-order valence-corrected chi connectivity index (χ0v) is 9.59. The van der Waals surface area contributed by atoms with Gasteiger partial charge in [0.25, 0.3) is 0 Å². The molecule has 0 aromatic carbocycles. The van der Waals surface area contributed by atoms with E-state index in [0.29, 0.717) is 0 Å². The van der Waals surface area contributed by atoms with E-state index in [4.69, 9.17) is 4.42 Å². The van der Waals surface area contributed by atoms with Crippen LogP contribution < -0.4 is 0 Å². The van der Waals surface area contributed by atoms with Crippen LogP contribution >= 0.6 is 27.7 Å². The fourth-order valence-corrected chi connectivity index (χ4v) is 2.07. The molecular weight excluding hydrogens is 264 g/mol. The van der Waals surface area contributed by atoms with Gasteiger partial charge in [-0.2, -0.15) is 0 Å². The van der Waals surface area contributed by atoms with Gasteiger partial charge < -0.3 is 4.42 Å². The standard InChI is InChI=1S/C9H7BrN2OS/c10-8-3-7(4-13-8)5-14-9-1-2-11-6-12-9/h1-4,6H,5H2. The topological polar surface area (TPSA) is 38.9 Å². The first-order chi connectivity index (χ1) is 6.84. The second kappa shape index (κ2) is 4.61. The van der Waals surface area contributed by atoms with Crippen molar-refractivity contribution in [1.82, 2.24) is 9.97 Å². The molecule has 2 heterocycles. The van der Waals surface area contributed by atoms with E-state index in [1.807, 2.05) is 12.1 Å². The molecule has 0 amide bonds. The van der Waals surface area contributed by atoms with E-state index in [1.165, 1.54) is 0 Å². The van der Waals surface area contributed by atoms with Gasteiger partial charge in [-0.25, -0.2) is 9.97 Å². The lowest BCUT2D eigenvalue weighted by atomic mass is 10.4. The Bertz CT molecular complexity index is 404. The Hall–Kier alpha value is -0.810. The molecule has 0 aliphatic rings. The predicted molar refractivity (Wildman–Crippen MR) is 58.0 cm³/mol. The molecule has 2 rings (SSSR count). The lowest BCUT2D eigenvalue weighted by molar-refractivity contribution is 0.539. The number of rotatable bonds is 3. The predicted octanol–water partition coefficient (Wildman–Crippen LogP) is 3.12. The Labute approximate surface area is 94.1 Å². The average molecular weight is 271 g/mol. The molecule has 5 heteroatoms. The van der Waals surface area contributed by atoms with Crippen LogP contribution in [0.15, 0.2) is 45.0 Å². The summed E-state index contributed by atoms with van der Waals surface area (Å²) in [5, 5.41) is 0.970. The van der Waals surface area contributed by atoms with Crippen molar-refractivity contribution in [2.45, 2.75) is 10.8 Å². The Kier molecular flexibility index (Phi) is 3.21. The normalized spacial score (nSPS) is 10.4. The molecule has 2 aromatic heterocycles. The highest BCUT2D eigenvalue weighted by Gasteiger charge is 2.00. The summed E-state index contributed by atoms with van der Waals surface area (Å²) in [7, 11) is 0. The summed E-state index contributed by atoms with van der Waals surface area (Å²) < 4.78 is 5.88. The number of nitrogens with zero attached hydrogens (tertiary/aromatic N) is 2. The molecule has 72 valence electrons. The van der Waals surface area contributed by atoms with Crippen molar-refractivity contribution in [1.29, 1.82) is 0 Å². The maximum absolute atomic E-state index is 5.12. The zero-order valence-electron chi connectivity index (χ0n) is 7.18. The van der Waals surface area contributed by atoms with E-state index in [0.717, 1.165) is 21.0 Å². The van der Waals surface area contributed by atoms with Crippen LogP contribution in [0.1, 0.15) is 5.56 Å². The highest BCUT2D eigenvalue weighted by molar-refractivity contribution is 9.10. The largest absolute Gasteiger partial charge is 0.457 e. The zero-order chi connectivity index (χ0) is 9.80. The number of aromatic nitrogens is 2. The molecule has 0 atom stereocenters. The maximum Gasteiger partial charge on any atom is 0.169 e. The molecule has 0 unspecified atom stereocenters. The van der Waals surface area contributed by atoms with Crippen LogP contribution in [-0.4, -0.2) is 9.97 Å². The van der Waals surface area contributed by atoms with Crippen molar-refractivity contribution in [2.75, 3.05) is 0 Å². The van der Waals surface area contributed by atoms with E-state index in [9.17, 15) is 0 Å². The van der Waals surface area contributed by atoms with Gasteiger partial charge >= 0.3 is 0 Å². The monoisotopic (exact) mass is 270 g/mol. The van der Waals surface area contributed by atoms with E-state index in [-0.39, 0.29) is 0 Å². The summed E-state index contributed by atoms with van der Waals surface area (Å²) in [6.07, 6.45) is 5.02. The van der Waals surface area contributed by atoms with Gasteiger partial charge in [0.15, 0.2) is 4.67 Å². The fraction of sp³-hybridized carbons (Fsp3) is 0.111. The summed E-state index contributed by atoms with van der Waals surface area (Å²) in [5.41, 5.74) is 1.14. The molecular formula is C9H7BrN2OS. The smallest absolute Gasteiger partial charge is 0.169 e. The summed E-state index contributed by atoms with van der Waals surface area (Å²) in [5.74, 6) is 0.853. The molecule has 0 bridgehead atoms.